The fraction of sp³-hybridized carbons (Fsp3) is 0.217. The first-order valence-corrected chi connectivity index (χ1v) is 9.47. The summed E-state index contributed by atoms with van der Waals surface area (Å²) >= 11 is 6.08. The van der Waals surface area contributed by atoms with Crippen molar-refractivity contribution in [1.29, 1.82) is 0 Å². The smallest absolute Gasteiger partial charge is 0.0606 e. The van der Waals surface area contributed by atoms with Gasteiger partial charge in [0.15, 0.2) is 0 Å². The third-order valence-electron chi connectivity index (χ3n) is 4.67. The second-order valence-corrected chi connectivity index (χ2v) is 6.86. The molecule has 1 atom stereocenters. The predicted octanol–water partition coefficient (Wildman–Crippen LogP) is 4.31. The van der Waals surface area contributed by atoms with Crippen LogP contribution in [0.2, 0.25) is 5.02 Å². The molecular weight excluding hydrogens is 358 g/mol. The van der Waals surface area contributed by atoms with Crippen molar-refractivity contribution in [3.8, 4) is 0 Å². The molecule has 0 bridgehead atoms. The zero-order chi connectivity index (χ0) is 19.1. The first kappa shape index (κ1) is 19.4. The Balaban J connectivity index is 1.96. The fourth-order valence-corrected chi connectivity index (χ4v) is 3.49. The van der Waals surface area contributed by atoms with Crippen LogP contribution in [-0.4, -0.2) is 36.5 Å². The highest BCUT2D eigenvalue weighted by Crippen LogP contribution is 2.33. The quantitative estimate of drug-likeness (QED) is 0.571. The molecule has 0 aliphatic heterocycles. The van der Waals surface area contributed by atoms with Crippen LogP contribution in [0.25, 0.3) is 0 Å². The highest BCUT2D eigenvalue weighted by Gasteiger charge is 2.17. The molecule has 0 heterocycles. The van der Waals surface area contributed by atoms with E-state index in [0.717, 1.165) is 10.7 Å². The van der Waals surface area contributed by atoms with Gasteiger partial charge >= 0.3 is 0 Å². The zero-order valence-corrected chi connectivity index (χ0v) is 15.9. The highest BCUT2D eigenvalue weighted by atomic mass is 35.5. The molecule has 0 aliphatic carbocycles. The second-order valence-electron chi connectivity index (χ2n) is 6.42. The third-order valence-corrected chi connectivity index (χ3v) is 4.92. The van der Waals surface area contributed by atoms with Gasteiger partial charge in [-0.05, 0) is 41.0 Å². The first-order valence-electron chi connectivity index (χ1n) is 9.10. The molecule has 0 saturated heterocycles. The van der Waals surface area contributed by atoms with Crippen molar-refractivity contribution in [2.45, 2.75) is 5.92 Å². The van der Waals surface area contributed by atoms with E-state index in [1.54, 1.807) is 0 Å². The van der Waals surface area contributed by atoms with Gasteiger partial charge in [-0.1, -0.05) is 66.2 Å². The standard InChI is InChI=1S/C23H24ClNO2/c24-21-10-6-19(7-11-21)23(18-4-2-1-3-5-18)20-8-12-22(13-9-20)25(14-16-26)15-17-27/h1-13,23,26-27H,14-17H2. The van der Waals surface area contributed by atoms with Gasteiger partial charge in [0.2, 0.25) is 0 Å². The Bertz CT molecular complexity index is 813. The maximum Gasteiger partial charge on any atom is 0.0606 e. The summed E-state index contributed by atoms with van der Waals surface area (Å²) in [5.74, 6) is 0.113. The lowest BCUT2D eigenvalue weighted by Gasteiger charge is -2.24. The minimum absolute atomic E-state index is 0.0547. The molecule has 0 spiro atoms. The largest absolute Gasteiger partial charge is 0.395 e. The summed E-state index contributed by atoms with van der Waals surface area (Å²) in [7, 11) is 0. The Labute approximate surface area is 165 Å². The lowest BCUT2D eigenvalue weighted by Crippen LogP contribution is -2.29. The molecule has 3 aromatic carbocycles. The van der Waals surface area contributed by atoms with Gasteiger partial charge in [-0.2, -0.15) is 0 Å². The summed E-state index contributed by atoms with van der Waals surface area (Å²) in [4.78, 5) is 1.98. The van der Waals surface area contributed by atoms with E-state index in [-0.39, 0.29) is 19.1 Å². The van der Waals surface area contributed by atoms with E-state index in [2.05, 4.69) is 48.5 Å². The van der Waals surface area contributed by atoms with Gasteiger partial charge in [-0.25, -0.2) is 0 Å². The summed E-state index contributed by atoms with van der Waals surface area (Å²) in [6, 6.07) is 26.7. The van der Waals surface area contributed by atoms with Gasteiger partial charge in [0.05, 0.1) is 13.2 Å². The van der Waals surface area contributed by atoms with Crippen LogP contribution in [0, 0.1) is 0 Å². The third kappa shape index (κ3) is 4.89. The molecule has 0 fully saturated rings. The molecule has 2 N–H and O–H groups in total. The number of hydrogen-bond donors (Lipinski definition) is 2. The predicted molar refractivity (Wildman–Crippen MR) is 112 cm³/mol. The van der Waals surface area contributed by atoms with Gasteiger partial charge in [-0.15, -0.1) is 0 Å². The van der Waals surface area contributed by atoms with E-state index in [0.29, 0.717) is 13.1 Å². The molecule has 1 unspecified atom stereocenters. The molecule has 140 valence electrons. The Morgan fingerprint density at radius 3 is 1.67 bits per heavy atom. The molecule has 0 saturated carbocycles. The number of anilines is 1. The van der Waals surface area contributed by atoms with E-state index in [1.165, 1.54) is 16.7 Å². The second kappa shape index (κ2) is 9.56. The van der Waals surface area contributed by atoms with Crippen molar-refractivity contribution < 1.29 is 10.2 Å². The zero-order valence-electron chi connectivity index (χ0n) is 15.1. The van der Waals surface area contributed by atoms with E-state index >= 15 is 0 Å². The van der Waals surface area contributed by atoms with Crippen molar-refractivity contribution >= 4 is 17.3 Å². The number of rotatable bonds is 8. The molecule has 0 radical (unpaired) electrons. The molecular formula is C23H24ClNO2. The number of benzene rings is 3. The average Bonchev–Trinajstić information content (AvgIpc) is 2.71. The summed E-state index contributed by atoms with van der Waals surface area (Å²) < 4.78 is 0. The lowest BCUT2D eigenvalue weighted by atomic mass is 9.85. The summed E-state index contributed by atoms with van der Waals surface area (Å²) in [5.41, 5.74) is 4.57. The van der Waals surface area contributed by atoms with Gasteiger partial charge in [0, 0.05) is 29.7 Å². The minimum atomic E-state index is 0.0547. The van der Waals surface area contributed by atoms with E-state index in [4.69, 9.17) is 11.6 Å². The first-order chi connectivity index (χ1) is 13.2. The normalized spacial score (nSPS) is 12.0. The number of hydrogen-bond acceptors (Lipinski definition) is 3. The topological polar surface area (TPSA) is 43.7 Å². The number of halogens is 1. The molecule has 0 aromatic heterocycles. The summed E-state index contributed by atoms with van der Waals surface area (Å²) in [6.45, 7) is 1.11. The number of aliphatic hydroxyl groups excluding tert-OH is 2. The van der Waals surface area contributed by atoms with Crippen molar-refractivity contribution in [1.82, 2.24) is 0 Å². The van der Waals surface area contributed by atoms with Crippen LogP contribution in [0.4, 0.5) is 5.69 Å². The Morgan fingerprint density at radius 2 is 1.15 bits per heavy atom. The summed E-state index contributed by atoms with van der Waals surface area (Å²) in [6.07, 6.45) is 0. The van der Waals surface area contributed by atoms with Crippen LogP contribution in [0.5, 0.6) is 0 Å². The number of nitrogens with zero attached hydrogens (tertiary/aromatic N) is 1. The monoisotopic (exact) mass is 381 g/mol. The van der Waals surface area contributed by atoms with E-state index in [9.17, 15) is 10.2 Å². The van der Waals surface area contributed by atoms with Crippen LogP contribution >= 0.6 is 11.6 Å². The minimum Gasteiger partial charge on any atom is -0.395 e. The molecule has 3 aromatic rings. The van der Waals surface area contributed by atoms with Crippen LogP contribution in [-0.2, 0) is 0 Å². The maximum absolute atomic E-state index is 9.25. The SMILES string of the molecule is OCCN(CCO)c1ccc(C(c2ccccc2)c2ccc(Cl)cc2)cc1. The van der Waals surface area contributed by atoms with E-state index in [1.807, 2.05) is 35.2 Å². The summed E-state index contributed by atoms with van der Waals surface area (Å²) in [5, 5.41) is 19.2. The molecule has 27 heavy (non-hydrogen) atoms. The molecule has 3 rings (SSSR count). The Morgan fingerprint density at radius 1 is 0.667 bits per heavy atom. The van der Waals surface area contributed by atoms with Crippen molar-refractivity contribution in [2.24, 2.45) is 0 Å². The van der Waals surface area contributed by atoms with Crippen LogP contribution in [0.1, 0.15) is 22.6 Å². The Hall–Kier alpha value is -2.33. The maximum atomic E-state index is 9.25. The van der Waals surface area contributed by atoms with E-state index < -0.39 is 0 Å². The van der Waals surface area contributed by atoms with Gasteiger partial charge in [0.25, 0.3) is 0 Å². The highest BCUT2D eigenvalue weighted by molar-refractivity contribution is 6.30. The molecule has 0 aliphatic rings. The average molecular weight is 382 g/mol. The van der Waals surface area contributed by atoms with Crippen molar-refractivity contribution in [3.63, 3.8) is 0 Å². The van der Waals surface area contributed by atoms with Crippen molar-refractivity contribution in [2.75, 3.05) is 31.2 Å². The van der Waals surface area contributed by atoms with Gasteiger partial charge in [-0.3, -0.25) is 0 Å². The number of aliphatic hydroxyl groups is 2. The van der Waals surface area contributed by atoms with Crippen LogP contribution in [0.15, 0.2) is 78.9 Å². The van der Waals surface area contributed by atoms with Gasteiger partial charge in [0.1, 0.15) is 0 Å². The fourth-order valence-electron chi connectivity index (χ4n) is 3.37. The molecule has 3 nitrogen and oxygen atoms in total. The van der Waals surface area contributed by atoms with Crippen molar-refractivity contribution in [3.05, 3.63) is 101 Å². The van der Waals surface area contributed by atoms with Crippen LogP contribution in [0.3, 0.4) is 0 Å². The Kier molecular flexibility index (Phi) is 6.88. The van der Waals surface area contributed by atoms with Gasteiger partial charge < -0.3 is 15.1 Å². The lowest BCUT2D eigenvalue weighted by molar-refractivity contribution is 0.281. The molecule has 0 amide bonds. The molecule has 4 heteroatoms. The van der Waals surface area contributed by atoms with Crippen LogP contribution < -0.4 is 4.90 Å².